The van der Waals surface area contributed by atoms with Crippen molar-refractivity contribution in [3.63, 3.8) is 0 Å². The molecule has 0 radical (unpaired) electrons. The number of carbonyl (C=O) groups is 2. The van der Waals surface area contributed by atoms with Crippen molar-refractivity contribution >= 4 is 34.5 Å². The maximum Gasteiger partial charge on any atom is 0.326 e. The Morgan fingerprint density at radius 2 is 1.88 bits per heavy atom. The van der Waals surface area contributed by atoms with Crippen molar-refractivity contribution < 1.29 is 9.59 Å². The maximum absolute atomic E-state index is 12.2. The van der Waals surface area contributed by atoms with E-state index in [9.17, 15) is 9.59 Å². The molecule has 0 saturated carbocycles. The van der Waals surface area contributed by atoms with Crippen LogP contribution in [0.4, 0.5) is 16.4 Å². The Labute approximate surface area is 139 Å². The SMILES string of the molecule is CCn1c(NC(=O)Nc2cccc(C(C)=O)c2)nc2ccccc21. The third-order valence-corrected chi connectivity index (χ3v) is 3.72. The summed E-state index contributed by atoms with van der Waals surface area (Å²) in [4.78, 5) is 28.1. The molecule has 1 aromatic heterocycles. The highest BCUT2D eigenvalue weighted by atomic mass is 16.2. The molecule has 24 heavy (non-hydrogen) atoms. The largest absolute Gasteiger partial charge is 0.326 e. The van der Waals surface area contributed by atoms with Crippen molar-refractivity contribution in [2.45, 2.75) is 20.4 Å². The van der Waals surface area contributed by atoms with Crippen LogP contribution >= 0.6 is 0 Å². The maximum atomic E-state index is 12.2. The lowest BCUT2D eigenvalue weighted by Crippen LogP contribution is -2.22. The minimum atomic E-state index is -0.402. The minimum Gasteiger partial charge on any atom is -0.310 e. The van der Waals surface area contributed by atoms with Crippen LogP contribution in [-0.2, 0) is 6.54 Å². The molecular weight excluding hydrogens is 304 g/mol. The minimum absolute atomic E-state index is 0.0492. The van der Waals surface area contributed by atoms with Crippen LogP contribution in [0.3, 0.4) is 0 Å². The van der Waals surface area contributed by atoms with E-state index in [1.54, 1.807) is 24.3 Å². The van der Waals surface area contributed by atoms with Crippen LogP contribution < -0.4 is 10.6 Å². The van der Waals surface area contributed by atoms with E-state index in [-0.39, 0.29) is 5.78 Å². The number of carbonyl (C=O) groups excluding carboxylic acids is 2. The van der Waals surface area contributed by atoms with Gasteiger partial charge < -0.3 is 9.88 Å². The van der Waals surface area contributed by atoms with Gasteiger partial charge in [-0.3, -0.25) is 10.1 Å². The van der Waals surface area contributed by atoms with Gasteiger partial charge in [-0.1, -0.05) is 24.3 Å². The molecule has 2 aromatic carbocycles. The number of aryl methyl sites for hydroxylation is 1. The molecule has 0 bridgehead atoms. The van der Waals surface area contributed by atoms with Crippen LogP contribution in [0, 0.1) is 0 Å². The molecule has 0 fully saturated rings. The zero-order chi connectivity index (χ0) is 17.1. The normalized spacial score (nSPS) is 10.6. The van der Waals surface area contributed by atoms with Gasteiger partial charge in [0.25, 0.3) is 0 Å². The molecule has 2 amide bonds. The van der Waals surface area contributed by atoms with Crippen LogP contribution in [-0.4, -0.2) is 21.4 Å². The van der Waals surface area contributed by atoms with Gasteiger partial charge >= 0.3 is 6.03 Å². The number of nitrogens with one attached hydrogen (secondary N) is 2. The van der Waals surface area contributed by atoms with Gasteiger partial charge in [-0.15, -0.1) is 0 Å². The second-order valence-electron chi connectivity index (χ2n) is 5.38. The third-order valence-electron chi connectivity index (χ3n) is 3.72. The average molecular weight is 322 g/mol. The van der Waals surface area contributed by atoms with Gasteiger partial charge in [-0.05, 0) is 38.1 Å². The Bertz CT molecular complexity index is 914. The molecule has 0 aliphatic carbocycles. The molecule has 0 saturated heterocycles. The summed E-state index contributed by atoms with van der Waals surface area (Å²) in [5.41, 5.74) is 2.90. The first-order valence-corrected chi connectivity index (χ1v) is 7.72. The summed E-state index contributed by atoms with van der Waals surface area (Å²) in [5.74, 6) is 0.436. The molecule has 122 valence electrons. The van der Waals surface area contributed by atoms with E-state index in [0.29, 0.717) is 23.7 Å². The van der Waals surface area contributed by atoms with Crippen molar-refractivity contribution in [2.75, 3.05) is 10.6 Å². The molecule has 2 N–H and O–H groups in total. The van der Waals surface area contributed by atoms with Crippen molar-refractivity contribution in [1.29, 1.82) is 0 Å². The van der Waals surface area contributed by atoms with Crippen LogP contribution in [0.25, 0.3) is 11.0 Å². The summed E-state index contributed by atoms with van der Waals surface area (Å²) in [5, 5.41) is 5.49. The van der Waals surface area contributed by atoms with E-state index in [1.807, 2.05) is 35.8 Å². The fraction of sp³-hybridized carbons (Fsp3) is 0.167. The van der Waals surface area contributed by atoms with Crippen molar-refractivity contribution in [3.05, 3.63) is 54.1 Å². The third kappa shape index (κ3) is 3.12. The van der Waals surface area contributed by atoms with Gasteiger partial charge in [0.2, 0.25) is 5.95 Å². The Kier molecular flexibility index (Phi) is 4.29. The number of urea groups is 1. The first-order valence-electron chi connectivity index (χ1n) is 7.72. The van der Waals surface area contributed by atoms with E-state index in [1.165, 1.54) is 6.92 Å². The number of benzene rings is 2. The van der Waals surface area contributed by atoms with Gasteiger partial charge in [0.15, 0.2) is 5.78 Å². The van der Waals surface area contributed by atoms with E-state index in [0.717, 1.165) is 11.0 Å². The zero-order valence-electron chi connectivity index (χ0n) is 13.5. The smallest absolute Gasteiger partial charge is 0.310 e. The Morgan fingerprint density at radius 3 is 2.62 bits per heavy atom. The Hall–Kier alpha value is -3.15. The van der Waals surface area contributed by atoms with E-state index in [4.69, 9.17) is 0 Å². The average Bonchev–Trinajstić information content (AvgIpc) is 2.91. The number of para-hydroxylation sites is 2. The number of fused-ring (bicyclic) bond motifs is 1. The van der Waals surface area contributed by atoms with Crippen molar-refractivity contribution in [3.8, 4) is 0 Å². The second kappa shape index (κ2) is 6.54. The fourth-order valence-electron chi connectivity index (χ4n) is 2.57. The number of hydrogen-bond acceptors (Lipinski definition) is 3. The predicted octanol–water partition coefficient (Wildman–Crippen LogP) is 3.90. The number of amides is 2. The monoisotopic (exact) mass is 322 g/mol. The van der Waals surface area contributed by atoms with E-state index < -0.39 is 6.03 Å². The predicted molar refractivity (Wildman–Crippen MR) is 94.5 cm³/mol. The van der Waals surface area contributed by atoms with E-state index >= 15 is 0 Å². The summed E-state index contributed by atoms with van der Waals surface area (Å²) in [6.45, 7) is 4.17. The Morgan fingerprint density at radius 1 is 1.08 bits per heavy atom. The van der Waals surface area contributed by atoms with Gasteiger partial charge in [0, 0.05) is 17.8 Å². The van der Waals surface area contributed by atoms with Crippen LogP contribution in [0.2, 0.25) is 0 Å². The van der Waals surface area contributed by atoms with Gasteiger partial charge in [-0.2, -0.15) is 0 Å². The molecule has 0 unspecified atom stereocenters. The lowest BCUT2D eigenvalue weighted by molar-refractivity contribution is 0.101. The highest BCUT2D eigenvalue weighted by Crippen LogP contribution is 2.19. The second-order valence-corrected chi connectivity index (χ2v) is 5.38. The number of anilines is 2. The molecule has 0 atom stereocenters. The topological polar surface area (TPSA) is 76.0 Å². The lowest BCUT2D eigenvalue weighted by atomic mass is 10.1. The molecule has 0 spiro atoms. The summed E-state index contributed by atoms with van der Waals surface area (Å²) >= 11 is 0. The molecule has 0 aliphatic heterocycles. The lowest BCUT2D eigenvalue weighted by Gasteiger charge is -2.09. The summed E-state index contributed by atoms with van der Waals surface area (Å²) in [6, 6.07) is 14.1. The molecule has 3 aromatic rings. The molecule has 0 aliphatic rings. The molecule has 3 rings (SSSR count). The van der Waals surface area contributed by atoms with Crippen LogP contribution in [0.1, 0.15) is 24.2 Å². The summed E-state index contributed by atoms with van der Waals surface area (Å²) in [6.07, 6.45) is 0. The molecule has 6 nitrogen and oxygen atoms in total. The zero-order valence-corrected chi connectivity index (χ0v) is 13.5. The van der Waals surface area contributed by atoms with Crippen LogP contribution in [0.15, 0.2) is 48.5 Å². The standard InChI is InChI=1S/C18H18N4O2/c1-3-22-16-10-5-4-9-15(16)20-17(22)21-18(24)19-14-8-6-7-13(11-14)12(2)23/h4-11H,3H2,1-2H3,(H2,19,20,21,24). The van der Waals surface area contributed by atoms with Gasteiger partial charge in [0.1, 0.15) is 0 Å². The van der Waals surface area contributed by atoms with Crippen molar-refractivity contribution in [1.82, 2.24) is 9.55 Å². The number of hydrogen-bond donors (Lipinski definition) is 2. The molecule has 1 heterocycles. The van der Waals surface area contributed by atoms with Gasteiger partial charge in [-0.25, -0.2) is 9.78 Å². The van der Waals surface area contributed by atoms with Crippen LogP contribution in [0.5, 0.6) is 0 Å². The molecular formula is C18H18N4O2. The summed E-state index contributed by atoms with van der Waals surface area (Å²) in [7, 11) is 0. The summed E-state index contributed by atoms with van der Waals surface area (Å²) < 4.78 is 1.93. The number of imidazole rings is 1. The first-order chi connectivity index (χ1) is 11.6. The first kappa shape index (κ1) is 15.7. The number of ketones is 1. The highest BCUT2D eigenvalue weighted by Gasteiger charge is 2.12. The van der Waals surface area contributed by atoms with Crippen molar-refractivity contribution in [2.24, 2.45) is 0 Å². The van der Waals surface area contributed by atoms with Gasteiger partial charge in [0.05, 0.1) is 11.0 Å². The highest BCUT2D eigenvalue weighted by molar-refractivity contribution is 6.01. The number of nitrogens with zero attached hydrogens (tertiary/aromatic N) is 2. The van der Waals surface area contributed by atoms with E-state index in [2.05, 4.69) is 15.6 Å². The fourth-order valence-corrected chi connectivity index (χ4v) is 2.57. The molecule has 6 heteroatoms. The number of Topliss-reactive ketones (excluding diaryl/α,β-unsaturated/α-hetero) is 1. The number of rotatable bonds is 4. The number of aromatic nitrogens is 2. The quantitative estimate of drug-likeness (QED) is 0.715. The Balaban J connectivity index is 1.80.